The Morgan fingerprint density at radius 2 is 1.03 bits per heavy atom. The molecule has 38 heavy (non-hydrogen) atoms. The molecular formula is C30H16O8. The quantitative estimate of drug-likeness (QED) is 0.272. The van der Waals surface area contributed by atoms with E-state index in [-0.39, 0.29) is 27.5 Å². The van der Waals surface area contributed by atoms with Crippen LogP contribution in [0.5, 0.6) is 11.5 Å². The van der Waals surface area contributed by atoms with Crippen LogP contribution in [0.2, 0.25) is 0 Å². The van der Waals surface area contributed by atoms with E-state index in [9.17, 15) is 29.4 Å². The van der Waals surface area contributed by atoms with E-state index in [0.717, 1.165) is 6.08 Å². The molecule has 0 atom stereocenters. The Morgan fingerprint density at radius 3 is 1.58 bits per heavy atom. The Bertz CT molecular complexity index is 2010. The minimum Gasteiger partial charge on any atom is -0.506 e. The van der Waals surface area contributed by atoms with Crippen LogP contribution in [0.3, 0.4) is 0 Å². The zero-order chi connectivity index (χ0) is 26.6. The van der Waals surface area contributed by atoms with Crippen molar-refractivity contribution in [3.8, 4) is 11.5 Å². The Balaban J connectivity index is 1.75. The van der Waals surface area contributed by atoms with Gasteiger partial charge in [-0.05, 0) is 35.9 Å². The van der Waals surface area contributed by atoms with Crippen molar-refractivity contribution in [1.29, 1.82) is 0 Å². The Hall–Kier alpha value is -5.50. The first-order chi connectivity index (χ1) is 18.4. The molecule has 2 N–H and O–H groups in total. The van der Waals surface area contributed by atoms with Crippen LogP contribution < -0.4 is 11.3 Å². The van der Waals surface area contributed by atoms with Crippen LogP contribution >= 0.6 is 0 Å². The van der Waals surface area contributed by atoms with E-state index in [1.54, 1.807) is 54.6 Å². The molecule has 8 nitrogen and oxygen atoms in total. The summed E-state index contributed by atoms with van der Waals surface area (Å²) in [7, 11) is 0. The fourth-order valence-electron chi connectivity index (χ4n) is 4.67. The molecule has 0 unspecified atom stereocenters. The van der Waals surface area contributed by atoms with Crippen molar-refractivity contribution in [3.63, 3.8) is 0 Å². The molecule has 0 saturated carbocycles. The van der Waals surface area contributed by atoms with Crippen LogP contribution in [0.1, 0.15) is 16.7 Å². The first-order valence-electron chi connectivity index (χ1n) is 11.5. The highest BCUT2D eigenvalue weighted by Gasteiger charge is 2.37. The van der Waals surface area contributed by atoms with Crippen molar-refractivity contribution in [1.82, 2.24) is 0 Å². The maximum Gasteiger partial charge on any atom is 0.348 e. The average molecular weight is 504 g/mol. The zero-order valence-corrected chi connectivity index (χ0v) is 19.4. The second kappa shape index (κ2) is 8.56. The van der Waals surface area contributed by atoms with Crippen LogP contribution in [0, 0.1) is 0 Å². The van der Waals surface area contributed by atoms with Crippen molar-refractivity contribution < 1.29 is 28.6 Å². The molecule has 0 spiro atoms. The van der Waals surface area contributed by atoms with Crippen molar-refractivity contribution in [2.45, 2.75) is 0 Å². The van der Waals surface area contributed by atoms with Gasteiger partial charge in [0.25, 0.3) is 0 Å². The molecule has 8 heteroatoms. The number of aromatic hydroxyl groups is 2. The highest BCUT2D eigenvalue weighted by atomic mass is 16.4. The predicted molar refractivity (Wildman–Crippen MR) is 140 cm³/mol. The summed E-state index contributed by atoms with van der Waals surface area (Å²) in [5, 5.41) is 22.5. The summed E-state index contributed by atoms with van der Waals surface area (Å²) in [5.74, 6) is -2.88. The zero-order valence-electron chi connectivity index (χ0n) is 19.4. The van der Waals surface area contributed by atoms with Gasteiger partial charge < -0.3 is 19.0 Å². The fourth-order valence-corrected chi connectivity index (χ4v) is 4.67. The Kier molecular flexibility index (Phi) is 5.17. The molecule has 1 aliphatic carbocycles. The largest absolute Gasteiger partial charge is 0.506 e. The molecule has 6 rings (SSSR count). The highest BCUT2D eigenvalue weighted by molar-refractivity contribution is 6.58. The number of carbonyl (C=O) groups is 2. The van der Waals surface area contributed by atoms with Gasteiger partial charge in [0.15, 0.2) is 11.6 Å². The Labute approximate surface area is 213 Å². The lowest BCUT2D eigenvalue weighted by Gasteiger charge is -2.20. The van der Waals surface area contributed by atoms with Crippen molar-refractivity contribution >= 4 is 50.2 Å². The third-order valence-corrected chi connectivity index (χ3v) is 6.40. The van der Waals surface area contributed by atoms with Gasteiger partial charge in [0.1, 0.15) is 33.8 Å². The van der Waals surface area contributed by atoms with Gasteiger partial charge in [-0.1, -0.05) is 54.6 Å². The molecule has 184 valence electrons. The summed E-state index contributed by atoms with van der Waals surface area (Å²) in [5.41, 5.74) is -4.14. The molecule has 2 heterocycles. The monoisotopic (exact) mass is 504 g/mol. The number of Topliss-reactive ketones (excluding diaryl/α,β-unsaturated/α-hetero) is 1. The molecule has 2 aromatic heterocycles. The van der Waals surface area contributed by atoms with Gasteiger partial charge in [0, 0.05) is 5.57 Å². The van der Waals surface area contributed by atoms with Gasteiger partial charge in [-0.25, -0.2) is 9.59 Å². The normalized spacial score (nSPS) is 13.8. The van der Waals surface area contributed by atoms with Crippen LogP contribution in [0.4, 0.5) is 0 Å². The highest BCUT2D eigenvalue weighted by Crippen LogP contribution is 2.42. The number of allylic oxidation sites excluding steroid dienone is 4. The molecule has 5 aromatic rings. The van der Waals surface area contributed by atoms with Crippen LogP contribution in [0.25, 0.3) is 38.7 Å². The lowest BCUT2D eigenvalue weighted by Crippen LogP contribution is -2.24. The first kappa shape index (κ1) is 22.9. The van der Waals surface area contributed by atoms with E-state index in [4.69, 9.17) is 8.83 Å². The Morgan fingerprint density at radius 1 is 0.553 bits per heavy atom. The second-order valence-electron chi connectivity index (χ2n) is 8.59. The summed E-state index contributed by atoms with van der Waals surface area (Å²) < 4.78 is 10.7. The smallest absolute Gasteiger partial charge is 0.348 e. The SMILES string of the molecule is O=C1C=C(c2ccccc2)C(=O)C(c2c(O)c3ccccc3oc2=O)=C1c1c(O)c2ccccc2oc1=O. The summed E-state index contributed by atoms with van der Waals surface area (Å²) in [6.07, 6.45) is 1.03. The number of benzene rings is 3. The summed E-state index contributed by atoms with van der Waals surface area (Å²) in [4.78, 5) is 53.9. The first-order valence-corrected chi connectivity index (χ1v) is 11.5. The number of hydrogen-bond donors (Lipinski definition) is 2. The van der Waals surface area contributed by atoms with Crippen molar-refractivity contribution in [3.05, 3.63) is 122 Å². The number of carbonyl (C=O) groups excluding carboxylic acids is 2. The third-order valence-electron chi connectivity index (χ3n) is 6.40. The van der Waals surface area contributed by atoms with E-state index < -0.39 is 56.6 Å². The van der Waals surface area contributed by atoms with E-state index in [1.807, 2.05) is 0 Å². The lowest BCUT2D eigenvalue weighted by molar-refractivity contribution is -0.112. The van der Waals surface area contributed by atoms with Gasteiger partial charge in [0.2, 0.25) is 0 Å². The minimum atomic E-state index is -1.10. The molecule has 0 fully saturated rings. The average Bonchev–Trinajstić information content (AvgIpc) is 2.92. The number of rotatable bonds is 3. The number of ketones is 2. The van der Waals surface area contributed by atoms with E-state index in [1.165, 1.54) is 24.3 Å². The molecule has 0 bridgehead atoms. The maximum absolute atomic E-state index is 14.0. The number of para-hydroxylation sites is 2. The molecular weight excluding hydrogens is 488 g/mol. The molecule has 0 aliphatic heterocycles. The predicted octanol–water partition coefficient (Wildman–Crippen LogP) is 4.46. The van der Waals surface area contributed by atoms with Gasteiger partial charge in [-0.15, -0.1) is 0 Å². The van der Waals surface area contributed by atoms with Gasteiger partial charge in [0.05, 0.1) is 21.9 Å². The van der Waals surface area contributed by atoms with Gasteiger partial charge in [-0.2, -0.15) is 0 Å². The third kappa shape index (κ3) is 3.39. The standard InChI is InChI=1S/C30H16O8/c31-19-14-18(15-8-2-1-3-9-15)28(34)23(25-27(33)17-11-5-7-13-21(17)38-30(25)36)22(19)24-26(32)16-10-4-6-12-20(16)37-29(24)35/h1-14,32-33H. The maximum atomic E-state index is 14.0. The molecule has 0 saturated heterocycles. The van der Waals surface area contributed by atoms with Crippen molar-refractivity contribution in [2.24, 2.45) is 0 Å². The second-order valence-corrected chi connectivity index (χ2v) is 8.59. The minimum absolute atomic E-state index is 0.0578. The lowest BCUT2D eigenvalue weighted by atomic mass is 9.80. The topological polar surface area (TPSA) is 135 Å². The van der Waals surface area contributed by atoms with Crippen LogP contribution in [0.15, 0.2) is 103 Å². The molecule has 0 radical (unpaired) electrons. The molecule has 1 aliphatic rings. The van der Waals surface area contributed by atoms with Crippen LogP contribution in [-0.4, -0.2) is 21.8 Å². The fraction of sp³-hybridized carbons (Fsp3) is 0. The number of fused-ring (bicyclic) bond motifs is 2. The summed E-state index contributed by atoms with van der Waals surface area (Å²) >= 11 is 0. The molecule has 0 amide bonds. The number of hydrogen-bond acceptors (Lipinski definition) is 8. The van der Waals surface area contributed by atoms with Gasteiger partial charge >= 0.3 is 11.3 Å². The van der Waals surface area contributed by atoms with E-state index >= 15 is 0 Å². The van der Waals surface area contributed by atoms with E-state index in [2.05, 4.69) is 0 Å². The molecule has 3 aromatic carbocycles. The summed E-state index contributed by atoms with van der Waals surface area (Å²) in [6.45, 7) is 0. The van der Waals surface area contributed by atoms with Gasteiger partial charge in [-0.3, -0.25) is 9.59 Å². The van der Waals surface area contributed by atoms with Crippen molar-refractivity contribution in [2.75, 3.05) is 0 Å². The van der Waals surface area contributed by atoms with E-state index in [0.29, 0.717) is 5.56 Å². The summed E-state index contributed by atoms with van der Waals surface area (Å²) in [6, 6.07) is 20.5. The van der Waals surface area contributed by atoms with Crippen LogP contribution in [-0.2, 0) is 9.59 Å².